The van der Waals surface area contributed by atoms with Crippen LogP contribution in [0.15, 0.2) is 48.8 Å². The molecule has 3 aromatic rings. The largest absolute Gasteiger partial charge is 0.377 e. The number of benzene rings is 1. The lowest BCUT2D eigenvalue weighted by molar-refractivity contribution is 0.0985. The number of anilines is 2. The third-order valence-electron chi connectivity index (χ3n) is 5.69. The Morgan fingerprint density at radius 3 is 2.67 bits per heavy atom. The van der Waals surface area contributed by atoms with Crippen LogP contribution in [0.1, 0.15) is 19.8 Å². The minimum Gasteiger partial charge on any atom is -0.377 e. The Bertz CT molecular complexity index is 1150. The zero-order chi connectivity index (χ0) is 22.8. The van der Waals surface area contributed by atoms with Crippen molar-refractivity contribution in [1.29, 1.82) is 0 Å². The van der Waals surface area contributed by atoms with E-state index in [1.54, 1.807) is 6.20 Å². The summed E-state index contributed by atoms with van der Waals surface area (Å²) in [5.41, 5.74) is 2.64. The van der Waals surface area contributed by atoms with Gasteiger partial charge < -0.3 is 20.3 Å². The van der Waals surface area contributed by atoms with Crippen LogP contribution in [-0.2, 0) is 4.74 Å². The molecule has 1 aromatic carbocycles. The lowest BCUT2D eigenvalue weighted by Gasteiger charge is -2.34. The maximum atomic E-state index is 13.9. The van der Waals surface area contributed by atoms with E-state index < -0.39 is 5.82 Å². The molecule has 2 N–H and O–H groups in total. The molecular formula is C24H25FN6O2. The molecule has 1 saturated heterocycles. The normalized spacial score (nSPS) is 18.1. The van der Waals surface area contributed by atoms with Crippen molar-refractivity contribution in [2.45, 2.75) is 31.8 Å². The average Bonchev–Trinajstić information content (AvgIpc) is 3.63. The Morgan fingerprint density at radius 1 is 1.12 bits per heavy atom. The minimum atomic E-state index is -0.422. The molecule has 2 aliphatic rings. The van der Waals surface area contributed by atoms with Crippen molar-refractivity contribution in [3.05, 3.63) is 54.6 Å². The van der Waals surface area contributed by atoms with Gasteiger partial charge in [0.1, 0.15) is 11.6 Å². The van der Waals surface area contributed by atoms with E-state index in [1.165, 1.54) is 12.3 Å². The van der Waals surface area contributed by atoms with Gasteiger partial charge in [0, 0.05) is 41.7 Å². The van der Waals surface area contributed by atoms with E-state index in [1.807, 2.05) is 30.3 Å². The SMILES string of the molecule is C[C@H]1COCCN1c1cc(-c2cncc(F)c2)nc(-c2ccc(NC(=O)NC3CC3)cc2)n1. The maximum Gasteiger partial charge on any atom is 0.319 e. The van der Waals surface area contributed by atoms with Crippen LogP contribution in [0.4, 0.5) is 20.7 Å². The molecule has 1 aliphatic heterocycles. The standard InChI is InChI=1S/C24H25FN6O2/c1-15-14-33-9-8-31(15)22-11-21(17-10-18(25)13-26-12-17)29-23(30-22)16-2-4-19(5-3-16)27-24(32)28-20-6-7-20/h2-5,10-13,15,20H,6-9,14H2,1H3,(H2,27,28,32)/t15-/m0/s1. The molecule has 2 aromatic heterocycles. The fourth-order valence-electron chi connectivity index (χ4n) is 3.76. The molecule has 0 spiro atoms. The van der Waals surface area contributed by atoms with Crippen LogP contribution >= 0.6 is 0 Å². The van der Waals surface area contributed by atoms with Crippen molar-refractivity contribution in [3.8, 4) is 22.6 Å². The molecule has 1 saturated carbocycles. The number of hydrogen-bond acceptors (Lipinski definition) is 6. The first-order valence-corrected chi connectivity index (χ1v) is 11.1. The number of aromatic nitrogens is 3. The first-order chi connectivity index (χ1) is 16.0. The fourth-order valence-corrected chi connectivity index (χ4v) is 3.76. The molecule has 1 aliphatic carbocycles. The highest BCUT2D eigenvalue weighted by molar-refractivity contribution is 5.89. The zero-order valence-electron chi connectivity index (χ0n) is 18.3. The highest BCUT2D eigenvalue weighted by Gasteiger charge is 2.24. The predicted molar refractivity (Wildman–Crippen MR) is 123 cm³/mol. The summed E-state index contributed by atoms with van der Waals surface area (Å²) in [4.78, 5) is 27.6. The van der Waals surface area contributed by atoms with E-state index in [-0.39, 0.29) is 12.1 Å². The molecule has 2 fully saturated rings. The van der Waals surface area contributed by atoms with Crippen LogP contribution in [0.25, 0.3) is 22.6 Å². The number of nitrogens with one attached hydrogen (secondary N) is 2. The molecule has 9 heteroatoms. The molecule has 170 valence electrons. The third-order valence-corrected chi connectivity index (χ3v) is 5.69. The number of urea groups is 1. The summed E-state index contributed by atoms with van der Waals surface area (Å²) >= 11 is 0. The second-order valence-electron chi connectivity index (χ2n) is 8.39. The van der Waals surface area contributed by atoms with Crippen molar-refractivity contribution in [1.82, 2.24) is 20.3 Å². The lowest BCUT2D eigenvalue weighted by Crippen LogP contribution is -2.44. The number of pyridine rings is 1. The molecule has 8 nitrogen and oxygen atoms in total. The van der Waals surface area contributed by atoms with E-state index in [4.69, 9.17) is 14.7 Å². The molecule has 0 radical (unpaired) electrons. The van der Waals surface area contributed by atoms with Crippen molar-refractivity contribution in [2.24, 2.45) is 0 Å². The quantitative estimate of drug-likeness (QED) is 0.616. The Hall–Kier alpha value is -3.59. The van der Waals surface area contributed by atoms with Crippen LogP contribution in [0.5, 0.6) is 0 Å². The molecule has 5 rings (SSSR count). The molecule has 33 heavy (non-hydrogen) atoms. The Morgan fingerprint density at radius 2 is 1.94 bits per heavy atom. The summed E-state index contributed by atoms with van der Waals surface area (Å²) in [6.45, 7) is 4.01. The Labute approximate surface area is 191 Å². The van der Waals surface area contributed by atoms with Gasteiger partial charge >= 0.3 is 6.03 Å². The lowest BCUT2D eigenvalue weighted by atomic mass is 10.1. The van der Waals surface area contributed by atoms with Crippen LogP contribution in [0.3, 0.4) is 0 Å². The van der Waals surface area contributed by atoms with Gasteiger partial charge in [-0.2, -0.15) is 0 Å². The number of rotatable bonds is 5. The molecule has 3 heterocycles. The molecule has 2 amide bonds. The van der Waals surface area contributed by atoms with Crippen LogP contribution in [0, 0.1) is 5.82 Å². The monoisotopic (exact) mass is 448 g/mol. The van der Waals surface area contributed by atoms with Gasteiger partial charge in [-0.15, -0.1) is 0 Å². The smallest absolute Gasteiger partial charge is 0.319 e. The molecular weight excluding hydrogens is 423 g/mol. The van der Waals surface area contributed by atoms with E-state index in [9.17, 15) is 9.18 Å². The minimum absolute atomic E-state index is 0.150. The topological polar surface area (TPSA) is 92.3 Å². The van der Waals surface area contributed by atoms with Crippen molar-refractivity contribution < 1.29 is 13.9 Å². The average molecular weight is 449 g/mol. The maximum absolute atomic E-state index is 13.9. The molecule has 1 atom stereocenters. The van der Waals surface area contributed by atoms with E-state index in [0.29, 0.717) is 48.6 Å². The number of ether oxygens (including phenoxy) is 1. The summed E-state index contributed by atoms with van der Waals surface area (Å²) < 4.78 is 19.4. The number of nitrogens with zero attached hydrogens (tertiary/aromatic N) is 4. The van der Waals surface area contributed by atoms with Gasteiger partial charge in [0.25, 0.3) is 0 Å². The summed E-state index contributed by atoms with van der Waals surface area (Å²) in [5.74, 6) is 0.842. The van der Waals surface area contributed by atoms with Crippen LogP contribution in [-0.4, -0.2) is 52.8 Å². The fraction of sp³-hybridized carbons (Fsp3) is 0.333. The number of carbonyl (C=O) groups excluding carboxylic acids is 1. The van der Waals surface area contributed by atoms with E-state index >= 15 is 0 Å². The summed E-state index contributed by atoms with van der Waals surface area (Å²) in [6, 6.07) is 10.9. The van der Waals surface area contributed by atoms with Gasteiger partial charge in [-0.25, -0.2) is 19.2 Å². The Balaban J connectivity index is 1.47. The second kappa shape index (κ2) is 9.11. The van der Waals surface area contributed by atoms with Crippen molar-refractivity contribution in [3.63, 3.8) is 0 Å². The number of amides is 2. The summed E-state index contributed by atoms with van der Waals surface area (Å²) in [6.07, 6.45) is 4.82. The van der Waals surface area contributed by atoms with Crippen molar-refractivity contribution >= 4 is 17.5 Å². The number of morpholine rings is 1. The second-order valence-corrected chi connectivity index (χ2v) is 8.39. The van der Waals surface area contributed by atoms with Gasteiger partial charge in [-0.3, -0.25) is 4.98 Å². The first-order valence-electron chi connectivity index (χ1n) is 11.1. The van der Waals surface area contributed by atoms with Gasteiger partial charge in [0.05, 0.1) is 31.1 Å². The summed E-state index contributed by atoms with van der Waals surface area (Å²) in [7, 11) is 0. The predicted octanol–water partition coefficient (Wildman–Crippen LogP) is 3.85. The number of halogens is 1. The number of carbonyl (C=O) groups is 1. The van der Waals surface area contributed by atoms with Crippen LogP contribution < -0.4 is 15.5 Å². The summed E-state index contributed by atoms with van der Waals surface area (Å²) in [5, 5.41) is 5.74. The molecule has 0 unspecified atom stereocenters. The molecule has 0 bridgehead atoms. The highest BCUT2D eigenvalue weighted by atomic mass is 19.1. The van der Waals surface area contributed by atoms with Gasteiger partial charge in [0.15, 0.2) is 5.82 Å². The zero-order valence-corrected chi connectivity index (χ0v) is 18.3. The first kappa shape index (κ1) is 21.3. The third kappa shape index (κ3) is 5.09. The van der Waals surface area contributed by atoms with Gasteiger partial charge in [0.2, 0.25) is 0 Å². The van der Waals surface area contributed by atoms with Gasteiger partial charge in [-0.1, -0.05) is 0 Å². The highest BCUT2D eigenvalue weighted by Crippen LogP contribution is 2.28. The van der Waals surface area contributed by atoms with Crippen LogP contribution in [0.2, 0.25) is 0 Å². The van der Waals surface area contributed by atoms with Crippen molar-refractivity contribution in [2.75, 3.05) is 30.0 Å². The number of hydrogen-bond donors (Lipinski definition) is 2. The Kier molecular flexibility index (Phi) is 5.87. The van der Waals surface area contributed by atoms with Gasteiger partial charge in [-0.05, 0) is 50.1 Å². The van der Waals surface area contributed by atoms with E-state index in [2.05, 4.69) is 27.4 Å². The van der Waals surface area contributed by atoms with E-state index in [0.717, 1.165) is 24.2 Å².